The van der Waals surface area contributed by atoms with Crippen molar-refractivity contribution in [1.82, 2.24) is 0 Å². The number of allylic oxidation sites excluding steroid dienone is 6. The molecule has 1 rings (SSSR count). The van der Waals surface area contributed by atoms with E-state index in [4.69, 9.17) is 0 Å². The molecule has 0 aromatic rings. The van der Waals surface area contributed by atoms with E-state index in [0.717, 1.165) is 24.8 Å². The van der Waals surface area contributed by atoms with Gasteiger partial charge < -0.3 is 0 Å². The SMILES string of the molecule is CC1=CCC=C(C)CC(=O)C(=C(C)C)CC1. The lowest BCUT2D eigenvalue weighted by atomic mass is 9.93. The molecule has 1 heteroatoms. The number of carbonyl (C=O) groups excluding carboxylic acids is 1. The highest BCUT2D eigenvalue weighted by Crippen LogP contribution is 2.21. The van der Waals surface area contributed by atoms with Crippen LogP contribution in [0, 0.1) is 0 Å². The quantitative estimate of drug-likeness (QED) is 0.436. The molecule has 0 aromatic carbocycles. The van der Waals surface area contributed by atoms with Gasteiger partial charge in [0.2, 0.25) is 0 Å². The average Bonchev–Trinajstić information content (AvgIpc) is 2.16. The Kier molecular flexibility index (Phi) is 4.72. The average molecular weight is 218 g/mol. The van der Waals surface area contributed by atoms with Crippen LogP contribution in [-0.4, -0.2) is 5.78 Å². The zero-order valence-corrected chi connectivity index (χ0v) is 10.9. The van der Waals surface area contributed by atoms with Gasteiger partial charge in [0.15, 0.2) is 5.78 Å². The fraction of sp³-hybridized carbons (Fsp3) is 0.533. The molecule has 0 aromatic heterocycles. The molecule has 0 amide bonds. The van der Waals surface area contributed by atoms with Crippen LogP contribution in [0.1, 0.15) is 53.4 Å². The molecule has 1 aliphatic rings. The maximum absolute atomic E-state index is 12.1. The van der Waals surface area contributed by atoms with Crippen LogP contribution in [0.4, 0.5) is 0 Å². The Morgan fingerprint density at radius 2 is 1.69 bits per heavy atom. The van der Waals surface area contributed by atoms with E-state index in [1.54, 1.807) is 0 Å². The highest BCUT2D eigenvalue weighted by atomic mass is 16.1. The third-order valence-corrected chi connectivity index (χ3v) is 3.08. The second kappa shape index (κ2) is 5.83. The van der Waals surface area contributed by atoms with E-state index in [0.29, 0.717) is 12.2 Å². The summed E-state index contributed by atoms with van der Waals surface area (Å²) in [6.07, 6.45) is 7.90. The summed E-state index contributed by atoms with van der Waals surface area (Å²) in [4.78, 5) is 12.1. The van der Waals surface area contributed by atoms with Crippen molar-refractivity contribution < 1.29 is 4.79 Å². The summed E-state index contributed by atoms with van der Waals surface area (Å²) in [5, 5.41) is 0. The van der Waals surface area contributed by atoms with Crippen molar-refractivity contribution in [2.75, 3.05) is 0 Å². The molecule has 0 fully saturated rings. The molecule has 0 atom stereocenters. The summed E-state index contributed by atoms with van der Waals surface area (Å²) in [7, 11) is 0. The Morgan fingerprint density at radius 1 is 1.06 bits per heavy atom. The van der Waals surface area contributed by atoms with Gasteiger partial charge in [-0.2, -0.15) is 0 Å². The number of Topliss-reactive ketones (excluding diaryl/α,β-unsaturated/α-hetero) is 1. The largest absolute Gasteiger partial charge is 0.294 e. The van der Waals surface area contributed by atoms with Gasteiger partial charge in [-0.3, -0.25) is 4.79 Å². The minimum Gasteiger partial charge on any atom is -0.294 e. The summed E-state index contributed by atoms with van der Waals surface area (Å²) < 4.78 is 0. The first-order valence-electron chi connectivity index (χ1n) is 6.01. The highest BCUT2D eigenvalue weighted by Gasteiger charge is 2.12. The Balaban J connectivity index is 2.97. The molecule has 0 spiro atoms. The molecule has 0 aliphatic heterocycles. The first-order valence-corrected chi connectivity index (χ1v) is 6.01. The van der Waals surface area contributed by atoms with Gasteiger partial charge in [-0.25, -0.2) is 0 Å². The lowest BCUT2D eigenvalue weighted by Gasteiger charge is -2.11. The summed E-state index contributed by atoms with van der Waals surface area (Å²) in [6.45, 7) is 8.28. The van der Waals surface area contributed by atoms with Crippen molar-refractivity contribution in [3.63, 3.8) is 0 Å². The van der Waals surface area contributed by atoms with Crippen molar-refractivity contribution in [3.05, 3.63) is 34.4 Å². The van der Waals surface area contributed by atoms with Gasteiger partial charge in [0.25, 0.3) is 0 Å². The predicted molar refractivity (Wildman–Crippen MR) is 69.4 cm³/mol. The lowest BCUT2D eigenvalue weighted by molar-refractivity contribution is -0.115. The Hall–Kier alpha value is -1.11. The highest BCUT2D eigenvalue weighted by molar-refractivity contribution is 5.97. The molecular formula is C15H22O. The van der Waals surface area contributed by atoms with Crippen molar-refractivity contribution >= 4 is 5.78 Å². The first-order chi connectivity index (χ1) is 7.50. The second-order valence-electron chi connectivity index (χ2n) is 4.92. The summed E-state index contributed by atoms with van der Waals surface area (Å²) in [5.41, 5.74) is 4.78. The minimum atomic E-state index is 0.309. The first kappa shape index (κ1) is 13.0. The predicted octanol–water partition coefficient (Wildman–Crippen LogP) is 4.36. The van der Waals surface area contributed by atoms with E-state index in [2.05, 4.69) is 19.1 Å². The fourth-order valence-electron chi connectivity index (χ4n) is 1.99. The number of hydrogen-bond donors (Lipinski definition) is 0. The lowest BCUT2D eigenvalue weighted by Crippen LogP contribution is -2.06. The molecule has 0 bridgehead atoms. The molecule has 0 heterocycles. The Bertz CT molecular complexity index is 363. The number of hydrogen-bond acceptors (Lipinski definition) is 1. The van der Waals surface area contributed by atoms with Gasteiger partial charge in [0, 0.05) is 6.42 Å². The van der Waals surface area contributed by atoms with Gasteiger partial charge in [-0.05, 0) is 52.5 Å². The third-order valence-electron chi connectivity index (χ3n) is 3.08. The normalized spacial score (nSPS) is 19.0. The Morgan fingerprint density at radius 3 is 2.31 bits per heavy atom. The maximum Gasteiger partial charge on any atom is 0.162 e. The standard InChI is InChI=1S/C15H22O/c1-11(2)14-9-8-12(3)6-5-7-13(4)10-15(14)16/h6-7H,5,8-10H2,1-4H3. The summed E-state index contributed by atoms with van der Waals surface area (Å²) >= 11 is 0. The maximum atomic E-state index is 12.1. The topological polar surface area (TPSA) is 17.1 Å². The van der Waals surface area contributed by atoms with Crippen molar-refractivity contribution in [3.8, 4) is 0 Å². The number of carbonyl (C=O) groups is 1. The Labute approximate surface area is 98.9 Å². The van der Waals surface area contributed by atoms with Crippen molar-refractivity contribution in [2.45, 2.75) is 53.4 Å². The van der Waals surface area contributed by atoms with E-state index in [1.165, 1.54) is 16.7 Å². The zero-order valence-electron chi connectivity index (χ0n) is 10.9. The monoisotopic (exact) mass is 218 g/mol. The molecule has 0 saturated heterocycles. The van der Waals surface area contributed by atoms with E-state index in [-0.39, 0.29) is 0 Å². The van der Waals surface area contributed by atoms with Gasteiger partial charge in [0.1, 0.15) is 0 Å². The van der Waals surface area contributed by atoms with E-state index < -0.39 is 0 Å². The molecule has 1 nitrogen and oxygen atoms in total. The van der Waals surface area contributed by atoms with E-state index in [1.807, 2.05) is 20.8 Å². The van der Waals surface area contributed by atoms with Crippen LogP contribution in [0.15, 0.2) is 34.4 Å². The van der Waals surface area contributed by atoms with Crippen LogP contribution in [0.25, 0.3) is 0 Å². The molecule has 0 unspecified atom stereocenters. The third kappa shape index (κ3) is 3.80. The van der Waals surface area contributed by atoms with Crippen LogP contribution in [0.3, 0.4) is 0 Å². The van der Waals surface area contributed by atoms with Crippen LogP contribution in [0.5, 0.6) is 0 Å². The zero-order chi connectivity index (χ0) is 12.1. The van der Waals surface area contributed by atoms with Crippen LogP contribution >= 0.6 is 0 Å². The molecule has 0 radical (unpaired) electrons. The second-order valence-corrected chi connectivity index (χ2v) is 4.92. The van der Waals surface area contributed by atoms with Gasteiger partial charge in [-0.15, -0.1) is 0 Å². The number of ketones is 1. The van der Waals surface area contributed by atoms with E-state index in [9.17, 15) is 4.79 Å². The summed E-state index contributed by atoms with van der Waals surface area (Å²) in [5.74, 6) is 0.309. The molecular weight excluding hydrogens is 196 g/mol. The smallest absolute Gasteiger partial charge is 0.162 e. The van der Waals surface area contributed by atoms with Crippen molar-refractivity contribution in [2.24, 2.45) is 0 Å². The van der Waals surface area contributed by atoms with Gasteiger partial charge in [-0.1, -0.05) is 28.9 Å². The van der Waals surface area contributed by atoms with Gasteiger partial charge >= 0.3 is 0 Å². The summed E-state index contributed by atoms with van der Waals surface area (Å²) in [6, 6.07) is 0. The van der Waals surface area contributed by atoms with Crippen LogP contribution in [0.2, 0.25) is 0 Å². The van der Waals surface area contributed by atoms with E-state index >= 15 is 0 Å². The molecule has 88 valence electrons. The molecule has 0 saturated carbocycles. The molecule has 1 aliphatic carbocycles. The van der Waals surface area contributed by atoms with Gasteiger partial charge in [0.05, 0.1) is 0 Å². The van der Waals surface area contributed by atoms with Crippen molar-refractivity contribution in [1.29, 1.82) is 0 Å². The fourth-order valence-corrected chi connectivity index (χ4v) is 1.99. The number of rotatable bonds is 0. The van der Waals surface area contributed by atoms with Crippen LogP contribution in [-0.2, 0) is 4.79 Å². The molecule has 16 heavy (non-hydrogen) atoms. The van der Waals surface area contributed by atoms with Crippen LogP contribution < -0.4 is 0 Å². The minimum absolute atomic E-state index is 0.309. The molecule has 0 N–H and O–H groups in total.